The zero-order valence-corrected chi connectivity index (χ0v) is 23.1. The van der Waals surface area contributed by atoms with E-state index in [1.54, 1.807) is 51.1 Å². The van der Waals surface area contributed by atoms with E-state index < -0.39 is 42.2 Å². The number of alkyl carbamates (subject to hydrolysis) is 1. The zero-order chi connectivity index (χ0) is 29.0. The van der Waals surface area contributed by atoms with Crippen molar-refractivity contribution in [3.63, 3.8) is 0 Å². The van der Waals surface area contributed by atoms with E-state index in [4.69, 9.17) is 4.74 Å². The van der Waals surface area contributed by atoms with Crippen LogP contribution in [-0.2, 0) is 20.7 Å². The number of nitrogens with one attached hydrogen (secondary N) is 2. The summed E-state index contributed by atoms with van der Waals surface area (Å²) >= 11 is 0. The minimum Gasteiger partial charge on any atom is -0.508 e. The van der Waals surface area contributed by atoms with Gasteiger partial charge in [-0.05, 0) is 51.0 Å². The highest BCUT2D eigenvalue weighted by molar-refractivity contribution is 5.92. The topological polar surface area (TPSA) is 148 Å². The average molecular weight is 544 g/mol. The van der Waals surface area contributed by atoms with Crippen molar-refractivity contribution in [3.05, 3.63) is 59.7 Å². The summed E-state index contributed by atoms with van der Waals surface area (Å²) in [6, 6.07) is 9.90. The van der Waals surface area contributed by atoms with Crippen LogP contribution in [0, 0.1) is 0 Å². The maximum Gasteiger partial charge on any atom is 0.408 e. The Labute approximate surface area is 230 Å². The number of carbonyl (C=O) groups is 3. The van der Waals surface area contributed by atoms with E-state index in [1.165, 1.54) is 18.2 Å². The maximum absolute atomic E-state index is 14.0. The Morgan fingerprint density at radius 3 is 2.26 bits per heavy atom. The highest BCUT2D eigenvalue weighted by Crippen LogP contribution is 2.30. The number of aromatic hydroxyl groups is 2. The molecule has 0 aliphatic heterocycles. The SMILES string of the molecule is CCCCCNC(=O)C(c1ccccc1O)N(CCO)C(=O)C(Cc1ccc(O)cc1)NC(=O)OC(C)(C)C. The number of hydrogen-bond acceptors (Lipinski definition) is 7. The number of nitrogens with zero attached hydrogens (tertiary/aromatic N) is 1. The fourth-order valence-electron chi connectivity index (χ4n) is 4.04. The molecule has 0 heterocycles. The molecule has 10 nitrogen and oxygen atoms in total. The summed E-state index contributed by atoms with van der Waals surface area (Å²) in [5, 5.41) is 35.6. The van der Waals surface area contributed by atoms with Gasteiger partial charge in [0.1, 0.15) is 29.2 Å². The van der Waals surface area contributed by atoms with Crippen LogP contribution in [0.1, 0.15) is 64.1 Å². The summed E-state index contributed by atoms with van der Waals surface area (Å²) in [7, 11) is 0. The number of para-hydroxylation sites is 1. The number of phenols is 2. The first kappa shape index (κ1) is 31.4. The summed E-state index contributed by atoms with van der Waals surface area (Å²) in [5.41, 5.74) is -0.000179. The van der Waals surface area contributed by atoms with Crippen molar-refractivity contribution in [3.8, 4) is 11.5 Å². The molecule has 0 spiro atoms. The van der Waals surface area contributed by atoms with Gasteiger partial charge in [-0.3, -0.25) is 9.59 Å². The molecule has 2 rings (SSSR count). The van der Waals surface area contributed by atoms with Crippen molar-refractivity contribution in [2.24, 2.45) is 0 Å². The largest absolute Gasteiger partial charge is 0.508 e. The Kier molecular flexibility index (Phi) is 12.1. The predicted octanol–water partition coefficient (Wildman–Crippen LogP) is 3.40. The first-order valence-corrected chi connectivity index (χ1v) is 13.2. The molecule has 10 heteroatoms. The Balaban J connectivity index is 2.48. The van der Waals surface area contributed by atoms with E-state index in [9.17, 15) is 29.7 Å². The van der Waals surface area contributed by atoms with Crippen LogP contribution in [0.3, 0.4) is 0 Å². The van der Waals surface area contributed by atoms with E-state index in [1.807, 2.05) is 6.92 Å². The van der Waals surface area contributed by atoms with Crippen LogP contribution in [0.2, 0.25) is 0 Å². The van der Waals surface area contributed by atoms with Gasteiger partial charge in [0.15, 0.2) is 0 Å². The lowest BCUT2D eigenvalue weighted by Crippen LogP contribution is -2.54. The van der Waals surface area contributed by atoms with Crippen LogP contribution >= 0.6 is 0 Å². The number of aliphatic hydroxyl groups excluding tert-OH is 1. The van der Waals surface area contributed by atoms with Gasteiger partial charge >= 0.3 is 6.09 Å². The van der Waals surface area contributed by atoms with Gasteiger partial charge in [0, 0.05) is 25.1 Å². The number of aliphatic hydroxyl groups is 1. The van der Waals surface area contributed by atoms with Crippen LogP contribution in [0.15, 0.2) is 48.5 Å². The molecule has 2 unspecified atom stereocenters. The molecule has 2 aromatic rings. The number of hydrogen-bond donors (Lipinski definition) is 5. The third-order valence-corrected chi connectivity index (χ3v) is 5.86. The van der Waals surface area contributed by atoms with Crippen molar-refractivity contribution in [1.82, 2.24) is 15.5 Å². The zero-order valence-electron chi connectivity index (χ0n) is 23.1. The first-order chi connectivity index (χ1) is 18.5. The number of carbonyl (C=O) groups excluding carboxylic acids is 3. The predicted molar refractivity (Wildman–Crippen MR) is 147 cm³/mol. The molecular formula is C29H41N3O7. The van der Waals surface area contributed by atoms with Crippen molar-refractivity contribution >= 4 is 17.9 Å². The number of benzene rings is 2. The van der Waals surface area contributed by atoms with E-state index >= 15 is 0 Å². The highest BCUT2D eigenvalue weighted by atomic mass is 16.6. The standard InChI is InChI=1S/C29H41N3O7/c1-5-6-9-16-30-26(36)25(22-10-7-8-11-24(22)35)32(17-18-33)27(37)23(31-28(38)39-29(2,3)4)19-20-12-14-21(34)15-13-20/h7-8,10-15,23,25,33-35H,5-6,9,16-19H2,1-4H3,(H,30,36)(H,31,38). The number of ether oxygens (including phenoxy) is 1. The smallest absolute Gasteiger partial charge is 0.408 e. The van der Waals surface area contributed by atoms with Crippen LogP contribution < -0.4 is 10.6 Å². The summed E-state index contributed by atoms with van der Waals surface area (Å²) in [4.78, 5) is 41.4. The lowest BCUT2D eigenvalue weighted by molar-refractivity contribution is -0.143. The van der Waals surface area contributed by atoms with E-state index in [2.05, 4.69) is 10.6 Å². The summed E-state index contributed by atoms with van der Waals surface area (Å²) in [5.74, 6) is -1.31. The molecule has 0 fully saturated rings. The third kappa shape index (κ3) is 10.1. The summed E-state index contributed by atoms with van der Waals surface area (Å²) in [6.45, 7) is 6.81. The molecule has 0 aliphatic carbocycles. The van der Waals surface area contributed by atoms with Gasteiger partial charge in [0.2, 0.25) is 11.8 Å². The van der Waals surface area contributed by atoms with Crippen molar-refractivity contribution < 1.29 is 34.4 Å². The molecule has 39 heavy (non-hydrogen) atoms. The first-order valence-electron chi connectivity index (χ1n) is 13.2. The van der Waals surface area contributed by atoms with Gasteiger partial charge in [-0.2, -0.15) is 0 Å². The van der Waals surface area contributed by atoms with Crippen molar-refractivity contribution in [2.45, 2.75) is 71.1 Å². The summed E-state index contributed by atoms with van der Waals surface area (Å²) in [6.07, 6.45) is 1.81. The number of rotatable bonds is 13. The second-order valence-electron chi connectivity index (χ2n) is 10.3. The van der Waals surface area contributed by atoms with E-state index in [-0.39, 0.29) is 30.0 Å². The van der Waals surface area contributed by atoms with Gasteiger partial charge in [0.05, 0.1) is 6.61 Å². The Morgan fingerprint density at radius 2 is 1.67 bits per heavy atom. The van der Waals surface area contributed by atoms with Gasteiger partial charge < -0.3 is 35.6 Å². The highest BCUT2D eigenvalue weighted by Gasteiger charge is 2.37. The molecule has 0 aliphatic rings. The lowest BCUT2D eigenvalue weighted by Gasteiger charge is -2.34. The summed E-state index contributed by atoms with van der Waals surface area (Å²) < 4.78 is 5.37. The van der Waals surface area contributed by atoms with Crippen LogP contribution in [0.25, 0.3) is 0 Å². The average Bonchev–Trinajstić information content (AvgIpc) is 2.86. The number of unbranched alkanes of at least 4 members (excludes halogenated alkanes) is 2. The maximum atomic E-state index is 14.0. The minimum atomic E-state index is -1.27. The normalized spacial score (nSPS) is 12.7. The third-order valence-electron chi connectivity index (χ3n) is 5.86. The Hall–Kier alpha value is -3.79. The van der Waals surface area contributed by atoms with Crippen LogP contribution in [0.4, 0.5) is 4.79 Å². The molecule has 0 aromatic heterocycles. The van der Waals surface area contributed by atoms with Gasteiger partial charge in [0.25, 0.3) is 0 Å². The number of phenolic OH excluding ortho intramolecular Hbond substituents is 2. The molecule has 214 valence electrons. The fourth-order valence-corrected chi connectivity index (χ4v) is 4.04. The Morgan fingerprint density at radius 1 is 1.00 bits per heavy atom. The van der Waals surface area contributed by atoms with Crippen molar-refractivity contribution in [1.29, 1.82) is 0 Å². The molecule has 0 saturated heterocycles. The fraction of sp³-hybridized carbons (Fsp3) is 0.483. The molecule has 0 saturated carbocycles. The second-order valence-corrected chi connectivity index (χ2v) is 10.3. The molecule has 2 atom stereocenters. The molecule has 0 bridgehead atoms. The quantitative estimate of drug-likeness (QED) is 0.243. The molecule has 0 radical (unpaired) electrons. The second kappa shape index (κ2) is 15.0. The van der Waals surface area contributed by atoms with Gasteiger partial charge in [-0.15, -0.1) is 0 Å². The van der Waals surface area contributed by atoms with Crippen molar-refractivity contribution in [2.75, 3.05) is 19.7 Å². The monoisotopic (exact) mass is 543 g/mol. The molecule has 3 amide bonds. The molecule has 5 N–H and O–H groups in total. The lowest BCUT2D eigenvalue weighted by atomic mass is 9.99. The Bertz CT molecular complexity index is 1080. The van der Waals surface area contributed by atoms with Crippen LogP contribution in [0.5, 0.6) is 11.5 Å². The van der Waals surface area contributed by atoms with Gasteiger partial charge in [-0.25, -0.2) is 4.79 Å². The molecular weight excluding hydrogens is 502 g/mol. The van der Waals surface area contributed by atoms with E-state index in [0.29, 0.717) is 12.1 Å². The van der Waals surface area contributed by atoms with Crippen LogP contribution in [-0.4, -0.2) is 69.5 Å². The number of amides is 3. The van der Waals surface area contributed by atoms with E-state index in [0.717, 1.165) is 24.2 Å². The molecule has 2 aromatic carbocycles. The van der Waals surface area contributed by atoms with Gasteiger partial charge in [-0.1, -0.05) is 50.1 Å². The minimum absolute atomic E-state index is 0.0197.